The van der Waals surface area contributed by atoms with Gasteiger partial charge in [-0.15, -0.1) is 0 Å². The van der Waals surface area contributed by atoms with Crippen molar-refractivity contribution in [1.29, 1.82) is 0 Å². The molecule has 0 saturated heterocycles. The zero-order valence-corrected chi connectivity index (χ0v) is 14.2. The minimum absolute atomic E-state index is 0.0567. The molecule has 1 fully saturated rings. The summed E-state index contributed by atoms with van der Waals surface area (Å²) in [6, 6.07) is 7.33. The zero-order chi connectivity index (χ0) is 16.8. The number of nitrogens with one attached hydrogen (secondary N) is 2. The van der Waals surface area contributed by atoms with E-state index in [1.807, 2.05) is 24.3 Å². The van der Waals surface area contributed by atoms with Gasteiger partial charge in [-0.2, -0.15) is 0 Å². The number of fused-ring (bicyclic) bond motifs is 1. The summed E-state index contributed by atoms with van der Waals surface area (Å²) < 4.78 is 5.59. The van der Waals surface area contributed by atoms with E-state index >= 15 is 0 Å². The van der Waals surface area contributed by atoms with Gasteiger partial charge in [0.05, 0.1) is 17.7 Å². The highest BCUT2D eigenvalue weighted by Gasteiger charge is 2.58. The smallest absolute Gasteiger partial charge is 0.315 e. The van der Waals surface area contributed by atoms with Gasteiger partial charge in [0, 0.05) is 25.0 Å². The summed E-state index contributed by atoms with van der Waals surface area (Å²) in [6.07, 6.45) is 0.794. The molecule has 0 aliphatic heterocycles. The van der Waals surface area contributed by atoms with Crippen molar-refractivity contribution >= 4 is 6.03 Å². The molecule has 2 aliphatic rings. The fourth-order valence-corrected chi connectivity index (χ4v) is 3.81. The molecule has 0 aromatic heterocycles. The molecule has 1 aromatic rings. The van der Waals surface area contributed by atoms with Crippen molar-refractivity contribution in [2.75, 3.05) is 7.11 Å². The van der Waals surface area contributed by atoms with Gasteiger partial charge in [-0.1, -0.05) is 38.1 Å². The lowest BCUT2D eigenvalue weighted by Crippen LogP contribution is -2.69. The van der Waals surface area contributed by atoms with Gasteiger partial charge in [0.25, 0.3) is 0 Å². The molecule has 1 saturated carbocycles. The Morgan fingerprint density at radius 3 is 2.61 bits per heavy atom. The number of methoxy groups -OCH3 is 1. The third kappa shape index (κ3) is 2.52. The van der Waals surface area contributed by atoms with E-state index < -0.39 is 6.10 Å². The second-order valence-electron chi connectivity index (χ2n) is 7.48. The maximum atomic E-state index is 12.4. The molecule has 126 valence electrons. The van der Waals surface area contributed by atoms with Crippen LogP contribution in [-0.2, 0) is 11.2 Å². The highest BCUT2D eigenvalue weighted by atomic mass is 16.5. The van der Waals surface area contributed by atoms with Crippen LogP contribution in [-0.4, -0.2) is 36.0 Å². The second-order valence-corrected chi connectivity index (χ2v) is 7.48. The number of aliphatic hydroxyl groups is 1. The van der Waals surface area contributed by atoms with Crippen LogP contribution in [0.15, 0.2) is 24.3 Å². The van der Waals surface area contributed by atoms with E-state index in [2.05, 4.69) is 31.4 Å². The van der Waals surface area contributed by atoms with Crippen molar-refractivity contribution in [2.45, 2.75) is 57.4 Å². The Hall–Kier alpha value is -1.59. The fraction of sp³-hybridized carbons (Fsp3) is 0.611. The van der Waals surface area contributed by atoms with Crippen LogP contribution < -0.4 is 10.6 Å². The molecule has 4 unspecified atom stereocenters. The largest absolute Gasteiger partial charge is 0.390 e. The monoisotopic (exact) mass is 318 g/mol. The fourth-order valence-electron chi connectivity index (χ4n) is 3.81. The average molecular weight is 318 g/mol. The highest BCUT2D eigenvalue weighted by molar-refractivity contribution is 5.75. The number of aliphatic hydroxyl groups excluding tert-OH is 1. The highest BCUT2D eigenvalue weighted by Crippen LogP contribution is 2.51. The second kappa shape index (κ2) is 5.49. The van der Waals surface area contributed by atoms with Crippen LogP contribution in [0.2, 0.25) is 0 Å². The van der Waals surface area contributed by atoms with Crippen LogP contribution >= 0.6 is 0 Å². The number of benzene rings is 1. The Bertz CT molecular complexity index is 616. The number of carbonyl (C=O) groups is 1. The quantitative estimate of drug-likeness (QED) is 0.800. The van der Waals surface area contributed by atoms with Gasteiger partial charge in [-0.25, -0.2) is 4.79 Å². The average Bonchev–Trinajstić information content (AvgIpc) is 2.82. The predicted octanol–water partition coefficient (Wildman–Crippen LogP) is 2.15. The summed E-state index contributed by atoms with van der Waals surface area (Å²) in [5, 5.41) is 16.2. The first-order valence-electron chi connectivity index (χ1n) is 8.16. The van der Waals surface area contributed by atoms with Gasteiger partial charge in [0.2, 0.25) is 0 Å². The van der Waals surface area contributed by atoms with Gasteiger partial charge < -0.3 is 20.5 Å². The van der Waals surface area contributed by atoms with Crippen LogP contribution in [0, 0.1) is 5.41 Å². The molecule has 5 nitrogen and oxygen atoms in total. The van der Waals surface area contributed by atoms with E-state index in [4.69, 9.17) is 4.74 Å². The van der Waals surface area contributed by atoms with Crippen molar-refractivity contribution in [3.05, 3.63) is 35.4 Å². The van der Waals surface area contributed by atoms with Crippen molar-refractivity contribution in [3.8, 4) is 0 Å². The van der Waals surface area contributed by atoms with Crippen LogP contribution in [0.1, 0.15) is 44.4 Å². The van der Waals surface area contributed by atoms with Crippen molar-refractivity contribution < 1.29 is 14.6 Å². The Morgan fingerprint density at radius 1 is 1.26 bits per heavy atom. The van der Waals surface area contributed by atoms with Crippen molar-refractivity contribution in [2.24, 2.45) is 5.41 Å². The van der Waals surface area contributed by atoms with Crippen LogP contribution in [0.3, 0.4) is 0 Å². The third-order valence-electron chi connectivity index (χ3n) is 6.07. The van der Waals surface area contributed by atoms with E-state index in [0.717, 1.165) is 17.5 Å². The lowest BCUT2D eigenvalue weighted by Gasteiger charge is -2.59. The molecule has 2 amide bonds. The normalized spacial score (nSPS) is 34.4. The Labute approximate surface area is 137 Å². The van der Waals surface area contributed by atoms with Gasteiger partial charge >= 0.3 is 6.03 Å². The van der Waals surface area contributed by atoms with Crippen molar-refractivity contribution in [1.82, 2.24) is 10.6 Å². The SMILES string of the molecule is COC1(C)CC(NC(=O)NC2c3ccccc3CC2O)C1(C)C. The molecule has 5 heteroatoms. The number of urea groups is 1. The van der Waals surface area contributed by atoms with Gasteiger partial charge in [-0.05, 0) is 24.5 Å². The lowest BCUT2D eigenvalue weighted by atomic mass is 9.56. The first-order chi connectivity index (χ1) is 10.8. The molecule has 0 heterocycles. The summed E-state index contributed by atoms with van der Waals surface area (Å²) in [6.45, 7) is 6.27. The van der Waals surface area contributed by atoms with E-state index in [9.17, 15) is 9.90 Å². The topological polar surface area (TPSA) is 70.6 Å². The van der Waals surface area contributed by atoms with Crippen LogP contribution in [0.25, 0.3) is 0 Å². The minimum Gasteiger partial charge on any atom is -0.390 e. The maximum absolute atomic E-state index is 12.4. The molecular weight excluding hydrogens is 292 g/mol. The molecule has 4 atom stereocenters. The summed E-state index contributed by atoms with van der Waals surface area (Å²) >= 11 is 0. The zero-order valence-electron chi connectivity index (χ0n) is 14.2. The number of carbonyl (C=O) groups excluding carboxylic acids is 1. The molecule has 3 rings (SSSR count). The molecule has 0 spiro atoms. The van der Waals surface area contributed by atoms with Gasteiger partial charge in [0.15, 0.2) is 0 Å². The van der Waals surface area contributed by atoms with Gasteiger partial charge in [0.1, 0.15) is 0 Å². The first kappa shape index (κ1) is 16.3. The molecule has 23 heavy (non-hydrogen) atoms. The number of hydrogen-bond donors (Lipinski definition) is 3. The Kier molecular flexibility index (Phi) is 3.89. The molecule has 0 radical (unpaired) electrons. The third-order valence-corrected chi connectivity index (χ3v) is 6.07. The number of amides is 2. The number of hydrogen-bond acceptors (Lipinski definition) is 3. The molecule has 1 aromatic carbocycles. The molecule has 0 bridgehead atoms. The van der Waals surface area contributed by atoms with E-state index in [-0.39, 0.29) is 29.1 Å². The molecule has 2 aliphatic carbocycles. The maximum Gasteiger partial charge on any atom is 0.315 e. The Morgan fingerprint density at radius 2 is 1.96 bits per heavy atom. The predicted molar refractivity (Wildman–Crippen MR) is 88.2 cm³/mol. The molecule has 3 N–H and O–H groups in total. The van der Waals surface area contributed by atoms with E-state index in [1.165, 1.54) is 0 Å². The number of rotatable bonds is 3. The summed E-state index contributed by atoms with van der Waals surface area (Å²) in [5.41, 5.74) is 1.75. The van der Waals surface area contributed by atoms with Crippen molar-refractivity contribution in [3.63, 3.8) is 0 Å². The summed E-state index contributed by atoms with van der Waals surface area (Å²) in [5.74, 6) is 0. The summed E-state index contributed by atoms with van der Waals surface area (Å²) in [7, 11) is 1.71. The summed E-state index contributed by atoms with van der Waals surface area (Å²) in [4.78, 5) is 12.4. The molecular formula is C18H26N2O3. The van der Waals surface area contributed by atoms with Gasteiger partial charge in [-0.3, -0.25) is 0 Å². The van der Waals surface area contributed by atoms with Crippen LogP contribution in [0.4, 0.5) is 4.79 Å². The standard InChI is InChI=1S/C18H26N2O3/c1-17(2)14(10-18(17,3)23-4)19-16(22)20-15-12-8-6-5-7-11(12)9-13(15)21/h5-8,13-15,21H,9-10H2,1-4H3,(H2,19,20,22). The van der Waals surface area contributed by atoms with E-state index in [1.54, 1.807) is 7.11 Å². The first-order valence-corrected chi connectivity index (χ1v) is 8.16. The van der Waals surface area contributed by atoms with E-state index in [0.29, 0.717) is 6.42 Å². The lowest BCUT2D eigenvalue weighted by molar-refractivity contribution is -0.177. The van der Waals surface area contributed by atoms with Crippen LogP contribution in [0.5, 0.6) is 0 Å². The number of ether oxygens (including phenoxy) is 1. The minimum atomic E-state index is -0.572. The Balaban J connectivity index is 1.63.